The molecule has 4 unspecified atom stereocenters. The zero-order valence-electron chi connectivity index (χ0n) is 51.1. The van der Waals surface area contributed by atoms with Crippen LogP contribution in [0.15, 0.2) is 121 Å². The van der Waals surface area contributed by atoms with E-state index in [-0.39, 0.29) is 78.6 Å². The summed E-state index contributed by atoms with van der Waals surface area (Å²) in [4.78, 5) is 105. The normalized spacial score (nSPS) is 22.4. The topological polar surface area (TPSA) is 207 Å². The number of benzene rings is 4. The van der Waals surface area contributed by atoms with E-state index in [1.807, 2.05) is 113 Å². The number of methoxy groups -OCH3 is 2. The van der Waals surface area contributed by atoms with Crippen molar-refractivity contribution >= 4 is 41.4 Å². The van der Waals surface area contributed by atoms with Crippen molar-refractivity contribution in [3.63, 3.8) is 0 Å². The Balaban J connectivity index is 0.847. The highest BCUT2D eigenvalue weighted by Gasteiger charge is 2.56. The number of carbonyl (C=O) groups is 7. The summed E-state index contributed by atoms with van der Waals surface area (Å²) >= 11 is 0. The summed E-state index contributed by atoms with van der Waals surface area (Å²) in [6.07, 6.45) is 5.18. The van der Waals surface area contributed by atoms with Gasteiger partial charge in [0.15, 0.2) is 0 Å². The van der Waals surface area contributed by atoms with Gasteiger partial charge in [-0.1, -0.05) is 169 Å². The summed E-state index contributed by atoms with van der Waals surface area (Å²) in [6.45, 7) is 11.0. The maximum Gasteiger partial charge on any atom is 0.326 e. The van der Waals surface area contributed by atoms with Gasteiger partial charge >= 0.3 is 5.97 Å². The summed E-state index contributed by atoms with van der Waals surface area (Å²) in [5, 5.41) is 19.0. The van der Waals surface area contributed by atoms with E-state index >= 15 is 0 Å². The number of fused-ring (bicyclic) bond motifs is 2. The first-order valence-corrected chi connectivity index (χ1v) is 31.0. The molecule has 4 N–H and O–H groups in total. The number of carbonyl (C=O) groups excluding carboxylic acids is 6. The van der Waals surface area contributed by atoms with E-state index in [4.69, 9.17) is 9.47 Å². The van der Waals surface area contributed by atoms with Crippen LogP contribution < -0.4 is 16.0 Å². The number of rotatable bonds is 30. The minimum Gasteiger partial charge on any atom is -0.480 e. The predicted octanol–water partition coefficient (Wildman–Crippen LogP) is 7.59. The fraction of sp³-hybridized carbons (Fsp3) is 0.544. The zero-order chi connectivity index (χ0) is 61.0. The molecule has 4 aromatic carbocycles. The Morgan fingerprint density at radius 2 is 1.33 bits per heavy atom. The van der Waals surface area contributed by atoms with Gasteiger partial charge < -0.3 is 45.2 Å². The fourth-order valence-electron chi connectivity index (χ4n) is 14.1. The van der Waals surface area contributed by atoms with Crippen molar-refractivity contribution in [2.75, 3.05) is 40.9 Å². The molecule has 0 spiro atoms. The lowest BCUT2D eigenvalue weighted by atomic mass is 9.76. The first kappa shape index (κ1) is 64.1. The Hall–Kier alpha value is -6.95. The third-order valence-corrected chi connectivity index (χ3v) is 18.8. The van der Waals surface area contributed by atoms with Crippen LogP contribution in [-0.4, -0.2) is 162 Å². The van der Waals surface area contributed by atoms with Crippen LogP contribution in [0.4, 0.5) is 0 Å². The van der Waals surface area contributed by atoms with Gasteiger partial charge in [-0.3, -0.25) is 33.7 Å². The Kier molecular flexibility index (Phi) is 22.2. The molecule has 1 saturated carbocycles. The maximum absolute atomic E-state index is 14.9. The first-order valence-electron chi connectivity index (χ1n) is 31.0. The van der Waals surface area contributed by atoms with Crippen LogP contribution in [0.3, 0.4) is 0 Å². The molecular weight excluding hydrogens is 1070 g/mol. The van der Waals surface area contributed by atoms with E-state index in [0.717, 1.165) is 47.9 Å². The average Bonchev–Trinajstić information content (AvgIpc) is 2.58. The molecule has 4 fully saturated rings. The number of nitrogens with one attached hydrogen (secondary N) is 3. The lowest BCUT2D eigenvalue weighted by Crippen LogP contribution is -2.60. The van der Waals surface area contributed by atoms with Crippen molar-refractivity contribution in [1.29, 1.82) is 0 Å². The lowest BCUT2D eigenvalue weighted by Gasteiger charge is -2.41. The van der Waals surface area contributed by atoms with Gasteiger partial charge in [0.2, 0.25) is 35.4 Å². The molecule has 4 aromatic rings. The number of likely N-dealkylation sites (tertiary alicyclic amines) is 2. The highest BCUT2D eigenvalue weighted by molar-refractivity contribution is 5.93. The molecular formula is C68H91N7O10. The zero-order valence-corrected chi connectivity index (χ0v) is 51.1. The summed E-state index contributed by atoms with van der Waals surface area (Å²) in [7, 11) is 4.73. The molecule has 13 atom stereocenters. The molecule has 8 rings (SSSR count). The molecule has 17 nitrogen and oxygen atoms in total. The third kappa shape index (κ3) is 14.5. The highest BCUT2D eigenvalue weighted by Crippen LogP contribution is 2.48. The fourth-order valence-corrected chi connectivity index (χ4v) is 14.1. The quantitative estimate of drug-likeness (QED) is 0.0227. The van der Waals surface area contributed by atoms with Crippen LogP contribution in [0.1, 0.15) is 128 Å². The molecule has 3 aliphatic heterocycles. The van der Waals surface area contributed by atoms with E-state index in [2.05, 4.69) is 57.2 Å². The Morgan fingerprint density at radius 3 is 1.88 bits per heavy atom. The third-order valence-electron chi connectivity index (χ3n) is 18.8. The van der Waals surface area contributed by atoms with E-state index in [0.29, 0.717) is 51.7 Å². The molecule has 2 bridgehead atoms. The first-order chi connectivity index (χ1) is 41.0. The second-order valence-corrected chi connectivity index (χ2v) is 24.5. The molecule has 0 aromatic heterocycles. The molecule has 3 saturated heterocycles. The van der Waals surface area contributed by atoms with Gasteiger partial charge in [0.1, 0.15) is 24.2 Å². The summed E-state index contributed by atoms with van der Waals surface area (Å²) in [5.74, 6) is -3.86. The van der Waals surface area contributed by atoms with Crippen molar-refractivity contribution < 1.29 is 48.1 Å². The highest BCUT2D eigenvalue weighted by atomic mass is 16.5. The smallest absolute Gasteiger partial charge is 0.326 e. The summed E-state index contributed by atoms with van der Waals surface area (Å²) in [5.41, 5.74) is 3.38. The van der Waals surface area contributed by atoms with Crippen molar-refractivity contribution in [3.8, 4) is 0 Å². The van der Waals surface area contributed by atoms with E-state index in [1.165, 1.54) is 14.2 Å². The lowest BCUT2D eigenvalue weighted by molar-refractivity contribution is -0.149. The van der Waals surface area contributed by atoms with Crippen LogP contribution in [0.5, 0.6) is 0 Å². The monoisotopic (exact) mass is 1170 g/mol. The molecule has 1 aliphatic carbocycles. The number of unbranched alkanes of at least 4 members (excludes halogenated alkanes) is 2. The van der Waals surface area contributed by atoms with Crippen molar-refractivity contribution in [1.82, 2.24) is 35.6 Å². The van der Waals surface area contributed by atoms with Crippen molar-refractivity contribution in [3.05, 3.63) is 144 Å². The van der Waals surface area contributed by atoms with Gasteiger partial charge in [0.25, 0.3) is 0 Å². The number of amides is 6. The number of hydrogen-bond donors (Lipinski definition) is 4. The second-order valence-electron chi connectivity index (χ2n) is 24.5. The standard InChI is InChI=1S/C68H91N7O10/c1-9-45(4)60(56(84-7)42-58(77)73-39-25-34-54(73)62(85-8)46(5)63(78)70-53(67(82)83)40-47-26-15-10-16-27-47)72(6)66(81)59(44(2)3)71-65(80)61-48-36-37-52(41-48)75(61)57(76)35-23-14-24-38-69-64(79)55-43-74(55)68(49-28-17-11-18-29-49,50-30-19-12-20-31-50)51-32-21-13-22-33-51/h10-13,15-22,26-33,44-46,48,52-56,59-62H,9,14,23-25,34-43H2,1-8H3,(H,69,79)(H,70,78)(H,71,80)(H,82,83)/t45-,46+,48-,52+,53?,54?,55?,56+,59?,60-,61-,62+,74-/m0/s1. The molecule has 458 valence electrons. The summed E-state index contributed by atoms with van der Waals surface area (Å²) in [6, 6.07) is 36.0. The number of aliphatic carboxylic acids is 1. The molecule has 17 heteroatoms. The molecule has 4 aliphatic rings. The minimum atomic E-state index is -1.16. The Bertz CT molecular complexity index is 2780. The summed E-state index contributed by atoms with van der Waals surface area (Å²) < 4.78 is 12.1. The van der Waals surface area contributed by atoms with Crippen LogP contribution in [0.2, 0.25) is 0 Å². The van der Waals surface area contributed by atoms with E-state index in [9.17, 15) is 38.7 Å². The molecule has 85 heavy (non-hydrogen) atoms. The molecule has 3 heterocycles. The number of carboxylic acid groups (broad SMARTS) is 1. The Morgan fingerprint density at radius 1 is 0.729 bits per heavy atom. The predicted molar refractivity (Wildman–Crippen MR) is 326 cm³/mol. The average molecular weight is 1170 g/mol. The number of ether oxygens (including phenoxy) is 2. The SMILES string of the molecule is CC[C@H](C)[C@@H]([C@@H](CC(=O)N1CCCC1[C@H](OC)[C@@H](C)C(=O)NC(Cc1ccccc1)C(=O)O)OC)N(C)C(=O)C(NC(=O)[C@@H]1[C@H]2CC[C@H](C2)N1C(=O)CCCCCNC(=O)C1C[N@]1C(c1ccccc1)(c1ccccc1)c1ccccc1)C(C)C. The van der Waals surface area contributed by atoms with Gasteiger partial charge in [-0.05, 0) is 85.0 Å². The van der Waals surface area contributed by atoms with Crippen molar-refractivity contribution in [2.24, 2.45) is 23.7 Å². The van der Waals surface area contributed by atoms with Crippen LogP contribution >= 0.6 is 0 Å². The number of piperidine rings is 1. The van der Waals surface area contributed by atoms with Gasteiger partial charge in [-0.15, -0.1) is 0 Å². The Labute approximate surface area is 502 Å². The minimum absolute atomic E-state index is 0.0151. The van der Waals surface area contributed by atoms with Crippen LogP contribution in [0, 0.1) is 23.7 Å². The molecule has 0 radical (unpaired) electrons. The second kappa shape index (κ2) is 29.4. The molecule has 6 amide bonds. The largest absolute Gasteiger partial charge is 0.480 e. The van der Waals surface area contributed by atoms with Gasteiger partial charge in [0, 0.05) is 59.8 Å². The van der Waals surface area contributed by atoms with Crippen molar-refractivity contribution in [2.45, 2.75) is 172 Å². The number of carboxylic acids is 1. The van der Waals surface area contributed by atoms with Gasteiger partial charge in [-0.2, -0.15) is 0 Å². The van der Waals surface area contributed by atoms with Crippen LogP contribution in [-0.2, 0) is 55.0 Å². The van der Waals surface area contributed by atoms with Crippen LogP contribution in [0.25, 0.3) is 0 Å². The maximum atomic E-state index is 14.9. The van der Waals surface area contributed by atoms with E-state index < -0.39 is 65.8 Å². The van der Waals surface area contributed by atoms with Gasteiger partial charge in [0.05, 0.1) is 42.2 Å². The van der Waals surface area contributed by atoms with Gasteiger partial charge in [-0.25, -0.2) is 4.79 Å². The number of nitrogens with zero attached hydrogens (tertiary/aromatic N) is 4. The van der Waals surface area contributed by atoms with E-state index in [1.54, 1.807) is 28.7 Å². The number of likely N-dealkylation sites (N-methyl/N-ethyl adjacent to an activating group) is 1. The number of hydrogen-bond acceptors (Lipinski definition) is 10.